The van der Waals surface area contributed by atoms with Crippen molar-refractivity contribution in [2.45, 2.75) is 24.8 Å². The van der Waals surface area contributed by atoms with Crippen LogP contribution in [-0.2, 0) is 9.47 Å². The average Bonchev–Trinajstić information content (AvgIpc) is 2.46. The van der Waals surface area contributed by atoms with Gasteiger partial charge in [0, 0.05) is 33.2 Å². The normalized spacial score (nSPS) is 18.3. The first-order chi connectivity index (χ1) is 9.88. The molecule has 1 fully saturated rings. The van der Waals surface area contributed by atoms with Gasteiger partial charge >= 0.3 is 6.36 Å². The lowest BCUT2D eigenvalue weighted by Crippen LogP contribution is -2.45. The highest BCUT2D eigenvalue weighted by Gasteiger charge is 2.42. The van der Waals surface area contributed by atoms with Gasteiger partial charge in [-0.25, -0.2) is 0 Å². The molecule has 4 nitrogen and oxygen atoms in total. The summed E-state index contributed by atoms with van der Waals surface area (Å²) in [4.78, 5) is 12.6. The molecule has 1 aliphatic heterocycles. The fourth-order valence-corrected chi connectivity index (χ4v) is 2.34. The standard InChI is InChI=1S/C14H15F3O4/c1-19-13(6-8-20-9-7-13)12(18)10-4-2-3-5-11(10)21-14(15,16)17/h2-5H,6-9H2,1H3. The summed E-state index contributed by atoms with van der Waals surface area (Å²) in [5.74, 6) is -1.04. The first-order valence-electron chi connectivity index (χ1n) is 6.40. The molecule has 0 aliphatic carbocycles. The van der Waals surface area contributed by atoms with Crippen molar-refractivity contribution in [2.24, 2.45) is 0 Å². The summed E-state index contributed by atoms with van der Waals surface area (Å²) in [5, 5.41) is 0. The lowest BCUT2D eigenvalue weighted by Gasteiger charge is -2.34. The second kappa shape index (κ2) is 6.03. The van der Waals surface area contributed by atoms with Crippen molar-refractivity contribution in [3.8, 4) is 5.75 Å². The van der Waals surface area contributed by atoms with Crippen LogP contribution in [0.1, 0.15) is 23.2 Å². The van der Waals surface area contributed by atoms with Crippen molar-refractivity contribution in [3.63, 3.8) is 0 Å². The summed E-state index contributed by atoms with van der Waals surface area (Å²) >= 11 is 0. The van der Waals surface area contributed by atoms with E-state index in [-0.39, 0.29) is 5.56 Å². The smallest absolute Gasteiger partial charge is 0.405 e. The number of carbonyl (C=O) groups is 1. The third-order valence-corrected chi connectivity index (χ3v) is 3.46. The van der Waals surface area contributed by atoms with Gasteiger partial charge in [0.05, 0.1) is 5.56 Å². The Morgan fingerprint density at radius 1 is 1.24 bits per heavy atom. The van der Waals surface area contributed by atoms with Crippen LogP contribution in [0.15, 0.2) is 24.3 Å². The number of Topliss-reactive ketones (excluding diaryl/α,β-unsaturated/α-hetero) is 1. The van der Waals surface area contributed by atoms with E-state index in [2.05, 4.69) is 4.74 Å². The molecule has 0 unspecified atom stereocenters. The zero-order chi connectivity index (χ0) is 15.5. The van der Waals surface area contributed by atoms with Gasteiger partial charge in [0.15, 0.2) is 5.78 Å². The summed E-state index contributed by atoms with van der Waals surface area (Å²) in [7, 11) is 1.37. The quantitative estimate of drug-likeness (QED) is 0.802. The molecule has 0 atom stereocenters. The molecule has 21 heavy (non-hydrogen) atoms. The number of hydrogen-bond acceptors (Lipinski definition) is 4. The van der Waals surface area contributed by atoms with E-state index in [9.17, 15) is 18.0 Å². The van der Waals surface area contributed by atoms with Crippen LogP contribution >= 0.6 is 0 Å². The van der Waals surface area contributed by atoms with Gasteiger partial charge in [-0.15, -0.1) is 13.2 Å². The van der Waals surface area contributed by atoms with Crippen LogP contribution in [0.2, 0.25) is 0 Å². The number of methoxy groups -OCH3 is 1. The number of alkyl halides is 3. The minimum Gasteiger partial charge on any atom is -0.405 e. The van der Waals surface area contributed by atoms with Gasteiger partial charge in [-0.1, -0.05) is 12.1 Å². The van der Waals surface area contributed by atoms with Crippen LogP contribution in [0, 0.1) is 0 Å². The summed E-state index contributed by atoms with van der Waals surface area (Å²) in [6, 6.07) is 5.28. The number of hydrogen-bond donors (Lipinski definition) is 0. The average molecular weight is 304 g/mol. The third-order valence-electron chi connectivity index (χ3n) is 3.46. The largest absolute Gasteiger partial charge is 0.573 e. The molecule has 0 spiro atoms. The maximum Gasteiger partial charge on any atom is 0.573 e. The molecular weight excluding hydrogens is 289 g/mol. The zero-order valence-electron chi connectivity index (χ0n) is 11.4. The van der Waals surface area contributed by atoms with Gasteiger partial charge < -0.3 is 14.2 Å². The monoisotopic (exact) mass is 304 g/mol. The second-order valence-electron chi connectivity index (χ2n) is 4.68. The Morgan fingerprint density at radius 3 is 2.43 bits per heavy atom. The Bertz CT molecular complexity index is 507. The summed E-state index contributed by atoms with van der Waals surface area (Å²) in [6.45, 7) is 0.643. The maximum absolute atomic E-state index is 12.6. The Hall–Kier alpha value is -1.60. The van der Waals surface area contributed by atoms with E-state index in [1.165, 1.54) is 25.3 Å². The molecule has 116 valence electrons. The summed E-state index contributed by atoms with van der Waals surface area (Å²) < 4.78 is 51.7. The molecule has 1 heterocycles. The van der Waals surface area contributed by atoms with Gasteiger partial charge in [0.1, 0.15) is 11.4 Å². The molecule has 0 saturated carbocycles. The molecule has 7 heteroatoms. The predicted octanol–water partition coefficient (Wildman–Crippen LogP) is 2.96. The van der Waals surface area contributed by atoms with Crippen LogP contribution < -0.4 is 4.74 Å². The van der Waals surface area contributed by atoms with Crippen LogP contribution in [0.5, 0.6) is 5.75 Å². The van der Waals surface area contributed by atoms with Crippen LogP contribution in [0.25, 0.3) is 0 Å². The molecule has 0 aromatic heterocycles. The van der Waals surface area contributed by atoms with E-state index in [0.29, 0.717) is 26.1 Å². The predicted molar refractivity (Wildman–Crippen MR) is 67.2 cm³/mol. The van der Waals surface area contributed by atoms with Crippen molar-refractivity contribution < 1.29 is 32.2 Å². The highest BCUT2D eigenvalue weighted by atomic mass is 19.4. The first-order valence-corrected chi connectivity index (χ1v) is 6.40. The van der Waals surface area contributed by atoms with Crippen molar-refractivity contribution in [1.29, 1.82) is 0 Å². The molecule has 0 amide bonds. The fourth-order valence-electron chi connectivity index (χ4n) is 2.34. The third kappa shape index (κ3) is 3.54. The molecule has 1 aromatic carbocycles. The zero-order valence-corrected chi connectivity index (χ0v) is 11.4. The highest BCUT2D eigenvalue weighted by molar-refractivity contribution is 6.04. The molecule has 1 aromatic rings. The molecule has 2 rings (SSSR count). The number of halogens is 3. The van der Waals surface area contributed by atoms with Crippen LogP contribution in [0.4, 0.5) is 13.2 Å². The number of carbonyl (C=O) groups excluding carboxylic acids is 1. The van der Waals surface area contributed by atoms with E-state index in [1.807, 2.05) is 0 Å². The first kappa shape index (κ1) is 15.8. The molecule has 0 N–H and O–H groups in total. The van der Waals surface area contributed by atoms with Gasteiger partial charge in [0.2, 0.25) is 0 Å². The lowest BCUT2D eigenvalue weighted by molar-refractivity contribution is -0.274. The van der Waals surface area contributed by atoms with E-state index in [1.54, 1.807) is 0 Å². The number of ether oxygens (including phenoxy) is 3. The minimum atomic E-state index is -4.85. The highest BCUT2D eigenvalue weighted by Crippen LogP contribution is 2.34. The SMILES string of the molecule is COC1(C(=O)c2ccccc2OC(F)(F)F)CCOCC1. The lowest BCUT2D eigenvalue weighted by atomic mass is 9.85. The van der Waals surface area contributed by atoms with E-state index in [0.717, 1.165) is 6.07 Å². The Labute approximate surface area is 119 Å². The molecular formula is C14H15F3O4. The van der Waals surface area contributed by atoms with E-state index >= 15 is 0 Å². The van der Waals surface area contributed by atoms with Crippen molar-refractivity contribution in [3.05, 3.63) is 29.8 Å². The summed E-state index contributed by atoms with van der Waals surface area (Å²) in [5.41, 5.74) is -1.30. The topological polar surface area (TPSA) is 44.8 Å². The number of benzene rings is 1. The van der Waals surface area contributed by atoms with Crippen molar-refractivity contribution in [2.75, 3.05) is 20.3 Å². The maximum atomic E-state index is 12.6. The second-order valence-corrected chi connectivity index (χ2v) is 4.68. The number of rotatable bonds is 4. The van der Waals surface area contributed by atoms with E-state index in [4.69, 9.17) is 9.47 Å². The van der Waals surface area contributed by atoms with Crippen molar-refractivity contribution >= 4 is 5.78 Å². The van der Waals surface area contributed by atoms with Crippen LogP contribution in [-0.4, -0.2) is 38.1 Å². The Morgan fingerprint density at radius 2 is 1.86 bits per heavy atom. The van der Waals surface area contributed by atoms with Crippen LogP contribution in [0.3, 0.4) is 0 Å². The number of ketones is 1. The van der Waals surface area contributed by atoms with Gasteiger partial charge in [-0.05, 0) is 12.1 Å². The Balaban J connectivity index is 2.34. The number of para-hydroxylation sites is 1. The van der Waals surface area contributed by atoms with Gasteiger partial charge in [-0.3, -0.25) is 4.79 Å². The van der Waals surface area contributed by atoms with Crippen molar-refractivity contribution in [1.82, 2.24) is 0 Å². The Kier molecular flexibility index (Phi) is 4.53. The molecule has 0 bridgehead atoms. The van der Waals surface area contributed by atoms with Gasteiger partial charge in [0.25, 0.3) is 0 Å². The fraction of sp³-hybridized carbons (Fsp3) is 0.500. The van der Waals surface area contributed by atoms with E-state index < -0.39 is 23.5 Å². The summed E-state index contributed by atoms with van der Waals surface area (Å²) in [6.07, 6.45) is -4.27. The molecule has 1 aliphatic rings. The molecule has 0 radical (unpaired) electrons. The minimum absolute atomic E-state index is 0.140. The molecule has 1 saturated heterocycles. The van der Waals surface area contributed by atoms with Gasteiger partial charge in [-0.2, -0.15) is 0 Å².